The Morgan fingerprint density at radius 1 is 0.462 bits per heavy atom. The lowest BCUT2D eigenvalue weighted by Gasteiger charge is -2.30. The van der Waals surface area contributed by atoms with Crippen molar-refractivity contribution in [1.29, 1.82) is 0 Å². The Kier molecular flexibility index (Phi) is 53.6. The number of phosphoric acid groups is 1. The maximum absolute atomic E-state index is 13.5. The van der Waals surface area contributed by atoms with Crippen LogP contribution in [0.15, 0.2) is 134 Å². The lowest BCUT2D eigenvalue weighted by molar-refractivity contribution is -0.870. The van der Waals surface area contributed by atoms with Gasteiger partial charge in [0.05, 0.1) is 33.8 Å². The molecule has 3 unspecified atom stereocenters. The van der Waals surface area contributed by atoms with Gasteiger partial charge in [-0.15, -0.1) is 0 Å². The van der Waals surface area contributed by atoms with Crippen LogP contribution in [0.5, 0.6) is 0 Å². The molecule has 10 heteroatoms. The Morgan fingerprint density at radius 2 is 0.833 bits per heavy atom. The molecule has 9 nitrogen and oxygen atoms in total. The number of hydrogen-bond acceptors (Lipinski definition) is 7. The Bertz CT molecular complexity index is 1800. The number of carbonyl (C=O) groups is 2. The van der Waals surface area contributed by atoms with Crippen LogP contribution in [0.3, 0.4) is 0 Å². The van der Waals surface area contributed by atoms with E-state index in [0.717, 1.165) is 116 Å². The third-order valence-electron chi connectivity index (χ3n) is 12.8. The number of esters is 1. The second-order valence-corrected chi connectivity index (χ2v) is 22.9. The molecule has 0 bridgehead atoms. The molecule has 78 heavy (non-hydrogen) atoms. The summed E-state index contributed by atoms with van der Waals surface area (Å²) in [6.07, 6.45) is 80.0. The van der Waals surface area contributed by atoms with Gasteiger partial charge in [0.15, 0.2) is 0 Å². The number of rotatable bonds is 54. The maximum Gasteiger partial charge on any atom is 0.306 e. The normalized spacial score (nSPS) is 14.6. The number of phosphoric ester groups is 1. The molecule has 0 rings (SSSR count). The van der Waals surface area contributed by atoms with E-state index < -0.39 is 26.6 Å². The monoisotopic (exact) mass is 1100 g/mol. The van der Waals surface area contributed by atoms with Crippen LogP contribution in [-0.4, -0.2) is 69.4 Å². The molecule has 0 aliphatic carbocycles. The number of amides is 1. The smallest absolute Gasteiger partial charge is 0.306 e. The van der Waals surface area contributed by atoms with Crippen molar-refractivity contribution in [3.05, 3.63) is 134 Å². The highest BCUT2D eigenvalue weighted by molar-refractivity contribution is 7.45. The quantitative estimate of drug-likeness (QED) is 0.0212. The molecule has 0 spiro atoms. The van der Waals surface area contributed by atoms with Gasteiger partial charge in [0, 0.05) is 12.8 Å². The van der Waals surface area contributed by atoms with Gasteiger partial charge in [-0.1, -0.05) is 232 Å². The summed E-state index contributed by atoms with van der Waals surface area (Å²) >= 11 is 0. The number of unbranched alkanes of at least 4 members (excludes halogenated alkanes) is 18. The van der Waals surface area contributed by atoms with E-state index in [9.17, 15) is 19.0 Å². The number of likely N-dealkylation sites (N-methyl/N-ethyl adjacent to an activating group) is 1. The second-order valence-electron chi connectivity index (χ2n) is 21.5. The fraction of sp³-hybridized carbons (Fsp3) is 0.647. The molecule has 3 atom stereocenters. The Morgan fingerprint density at radius 3 is 1.28 bits per heavy atom. The number of allylic oxidation sites excluding steroid dienone is 21. The summed E-state index contributed by atoms with van der Waals surface area (Å²) in [7, 11) is 1.11. The van der Waals surface area contributed by atoms with Crippen molar-refractivity contribution in [1.82, 2.24) is 5.32 Å². The summed E-state index contributed by atoms with van der Waals surface area (Å²) < 4.78 is 30.2. The van der Waals surface area contributed by atoms with E-state index in [4.69, 9.17) is 13.8 Å². The lowest BCUT2D eigenvalue weighted by Crippen LogP contribution is -2.47. The summed E-state index contributed by atoms with van der Waals surface area (Å²) in [5.41, 5.74) is 0. The molecule has 1 N–H and O–H groups in total. The number of nitrogens with one attached hydrogen (secondary N) is 1. The van der Waals surface area contributed by atoms with Gasteiger partial charge in [-0.2, -0.15) is 0 Å². The largest absolute Gasteiger partial charge is 0.756 e. The van der Waals surface area contributed by atoms with Crippen molar-refractivity contribution in [2.75, 3.05) is 40.9 Å². The highest BCUT2D eigenvalue weighted by atomic mass is 31.2. The molecule has 0 fully saturated rings. The third-order valence-corrected chi connectivity index (χ3v) is 13.8. The minimum atomic E-state index is -4.73. The van der Waals surface area contributed by atoms with E-state index in [-0.39, 0.29) is 31.3 Å². The van der Waals surface area contributed by atoms with Crippen LogP contribution in [0.25, 0.3) is 0 Å². The van der Waals surface area contributed by atoms with E-state index in [1.54, 1.807) is 6.08 Å². The summed E-state index contributed by atoms with van der Waals surface area (Å²) in [6.45, 7) is 6.62. The van der Waals surface area contributed by atoms with Crippen molar-refractivity contribution in [3.63, 3.8) is 0 Å². The van der Waals surface area contributed by atoms with Gasteiger partial charge < -0.3 is 28.5 Å². The highest BCUT2D eigenvalue weighted by Crippen LogP contribution is 2.38. The predicted molar refractivity (Wildman–Crippen MR) is 334 cm³/mol. The second kappa shape index (κ2) is 56.4. The molecule has 444 valence electrons. The summed E-state index contributed by atoms with van der Waals surface area (Å²) in [6, 6.07) is -0.937. The average Bonchev–Trinajstić information content (AvgIpc) is 3.40. The van der Waals surface area contributed by atoms with Gasteiger partial charge in [-0.25, -0.2) is 0 Å². The van der Waals surface area contributed by atoms with Crippen LogP contribution >= 0.6 is 7.82 Å². The van der Waals surface area contributed by atoms with Crippen LogP contribution < -0.4 is 10.2 Å². The first-order valence-electron chi connectivity index (χ1n) is 31.0. The minimum absolute atomic E-state index is 0.0443. The standard InChI is InChI=1S/C68H115N2O7P/c1-7-10-13-16-19-22-25-28-30-32-33-34-35-36-37-39-41-43-46-49-52-55-58-61-68(72)77-66(59-56-53-50-47-44-27-24-21-18-15-12-9-3)65(64-76-78(73,74)75-63-62-70(4,5)6)69-67(71)60-57-54-51-48-45-42-40-38-31-29-26-23-20-17-14-11-8-2/h10,13,19-20,22-23,28-31,33-34,36-37,40-43,48,51,56,59,65-66H,7-9,11-12,14-18,21,24-27,32,35,38-39,44-47,49-50,52-55,57-58,60-64H2,1-6H3,(H-,69,71,73,74)/b13-10-,22-19-,23-20-,30-28-,31-29-,34-33-,37-36-,42-40-,43-41-,51-48-,59-56-. The zero-order valence-corrected chi connectivity index (χ0v) is 51.5. The predicted octanol–water partition coefficient (Wildman–Crippen LogP) is 18.6. The number of quaternary nitrogens is 1. The van der Waals surface area contributed by atoms with Crippen LogP contribution in [0.4, 0.5) is 0 Å². The summed E-state index contributed by atoms with van der Waals surface area (Å²) in [5.74, 6) is -0.646. The molecule has 0 aromatic heterocycles. The van der Waals surface area contributed by atoms with Crippen LogP contribution in [-0.2, 0) is 27.9 Å². The first-order chi connectivity index (χ1) is 37.9. The van der Waals surface area contributed by atoms with Gasteiger partial charge in [0.25, 0.3) is 7.82 Å². The first kappa shape index (κ1) is 74.2. The van der Waals surface area contributed by atoms with E-state index in [0.29, 0.717) is 23.9 Å². The Hall–Kier alpha value is -3.85. The van der Waals surface area contributed by atoms with E-state index in [1.807, 2.05) is 27.2 Å². The third kappa shape index (κ3) is 56.9. The molecule has 0 heterocycles. The fourth-order valence-electron chi connectivity index (χ4n) is 8.05. The summed E-state index contributed by atoms with van der Waals surface area (Å²) in [4.78, 5) is 40.0. The Balaban J connectivity index is 5.39. The number of hydrogen-bond donors (Lipinski definition) is 1. The number of carbonyl (C=O) groups excluding carboxylic acids is 2. The molecule has 0 saturated carbocycles. The van der Waals surface area contributed by atoms with E-state index in [1.165, 1.54) is 70.6 Å². The van der Waals surface area contributed by atoms with Gasteiger partial charge in [-0.3, -0.25) is 14.2 Å². The van der Waals surface area contributed by atoms with Gasteiger partial charge in [0.1, 0.15) is 19.3 Å². The van der Waals surface area contributed by atoms with Crippen LogP contribution in [0.2, 0.25) is 0 Å². The van der Waals surface area contributed by atoms with E-state index in [2.05, 4.69) is 148 Å². The molecule has 0 radical (unpaired) electrons. The zero-order chi connectivity index (χ0) is 57.2. The van der Waals surface area contributed by atoms with Gasteiger partial charge >= 0.3 is 5.97 Å². The van der Waals surface area contributed by atoms with E-state index >= 15 is 0 Å². The first-order valence-corrected chi connectivity index (χ1v) is 32.5. The fourth-order valence-corrected chi connectivity index (χ4v) is 8.77. The highest BCUT2D eigenvalue weighted by Gasteiger charge is 2.27. The molecular weight excluding hydrogens is 988 g/mol. The molecule has 0 saturated heterocycles. The molecular formula is C68H115N2O7P. The number of ether oxygens (including phenoxy) is 1. The SMILES string of the molecule is CC/C=C\C/C=C\C/C=C\C/C=C\C/C=C\C/C=C\CCCCCCC(=O)OC(/C=C\CCCCCCCCCCCC)C(COP(=O)([O-])OCC[N+](C)(C)C)NC(=O)CCC/C=C\C/C=C\C/C=C\C/C=C\CCCCC. The van der Waals surface area contributed by atoms with Crippen molar-refractivity contribution in [2.24, 2.45) is 0 Å². The lowest BCUT2D eigenvalue weighted by atomic mass is 10.1. The zero-order valence-electron chi connectivity index (χ0n) is 50.6. The minimum Gasteiger partial charge on any atom is -0.756 e. The van der Waals surface area contributed by atoms with Crippen molar-refractivity contribution in [3.8, 4) is 0 Å². The van der Waals surface area contributed by atoms with Gasteiger partial charge in [0.2, 0.25) is 5.91 Å². The van der Waals surface area contributed by atoms with Crippen molar-refractivity contribution in [2.45, 2.75) is 245 Å². The maximum atomic E-state index is 13.5. The molecule has 0 aromatic rings. The average molecular weight is 1100 g/mol. The summed E-state index contributed by atoms with van der Waals surface area (Å²) in [5, 5.41) is 2.98. The van der Waals surface area contributed by atoms with Gasteiger partial charge in [-0.05, 0) is 122 Å². The number of nitrogens with zero attached hydrogens (tertiary/aromatic N) is 1. The van der Waals surface area contributed by atoms with Crippen LogP contribution in [0.1, 0.15) is 233 Å². The topological polar surface area (TPSA) is 114 Å². The molecule has 0 aliphatic heterocycles. The van der Waals surface area contributed by atoms with Crippen LogP contribution in [0, 0.1) is 0 Å². The molecule has 1 amide bonds. The Labute approximate surface area is 479 Å². The van der Waals surface area contributed by atoms with Crippen molar-refractivity contribution >= 4 is 19.7 Å². The molecule has 0 aromatic carbocycles. The molecule has 0 aliphatic rings. The van der Waals surface area contributed by atoms with Crippen molar-refractivity contribution < 1.29 is 37.3 Å².